The monoisotopic (exact) mass is 530 g/mol. The van der Waals surface area contributed by atoms with Gasteiger partial charge in [0, 0.05) is 5.56 Å². The van der Waals surface area contributed by atoms with Gasteiger partial charge in [-0.15, -0.1) is 0 Å². The fourth-order valence-corrected chi connectivity index (χ4v) is 4.27. The van der Waals surface area contributed by atoms with Gasteiger partial charge >= 0.3 is 11.9 Å². The largest absolute Gasteiger partial charge is 0.488 e. The Morgan fingerprint density at radius 3 is 2.26 bits per heavy atom. The zero-order chi connectivity index (χ0) is 27.2. The number of hydrogen-bond acceptors (Lipinski definition) is 6. The van der Waals surface area contributed by atoms with Crippen LogP contribution in [0.4, 0.5) is 5.69 Å². The molecule has 3 aromatic carbocycles. The quantitative estimate of drug-likeness (QED) is 0.242. The molecule has 0 atom stereocenters. The van der Waals surface area contributed by atoms with Crippen LogP contribution < -0.4 is 9.64 Å². The highest BCUT2D eigenvalue weighted by Crippen LogP contribution is 2.31. The molecular weight excluding hydrogens is 504 g/mol. The van der Waals surface area contributed by atoms with E-state index < -0.39 is 11.9 Å². The van der Waals surface area contributed by atoms with Crippen molar-refractivity contribution in [3.05, 3.63) is 101 Å². The minimum absolute atomic E-state index is 0.174. The second-order valence-electron chi connectivity index (χ2n) is 8.46. The number of esters is 1. The Kier molecular flexibility index (Phi) is 8.18. The van der Waals surface area contributed by atoms with Crippen LogP contribution in [0, 0.1) is 0 Å². The van der Waals surface area contributed by atoms with Crippen molar-refractivity contribution < 1.29 is 29.0 Å². The van der Waals surface area contributed by atoms with Crippen LogP contribution in [0.2, 0.25) is 0 Å². The van der Waals surface area contributed by atoms with Gasteiger partial charge in [0.1, 0.15) is 24.6 Å². The van der Waals surface area contributed by atoms with Gasteiger partial charge in [-0.1, -0.05) is 49.4 Å². The molecule has 1 heterocycles. The number of amides is 1. The van der Waals surface area contributed by atoms with Gasteiger partial charge in [0.05, 0.1) is 18.4 Å². The molecule has 1 N–H and O–H groups in total. The lowest BCUT2D eigenvalue weighted by Crippen LogP contribution is -2.35. The van der Waals surface area contributed by atoms with Crippen LogP contribution in [0.5, 0.6) is 5.75 Å². The van der Waals surface area contributed by atoms with Crippen LogP contribution in [0.15, 0.2) is 78.5 Å². The Labute approximate surface area is 225 Å². The predicted molar refractivity (Wildman–Crippen MR) is 147 cm³/mol. The van der Waals surface area contributed by atoms with Crippen LogP contribution in [-0.2, 0) is 27.4 Å². The summed E-state index contributed by atoms with van der Waals surface area (Å²) in [5.41, 5.74) is 3.52. The van der Waals surface area contributed by atoms with Gasteiger partial charge in [0.25, 0.3) is 5.91 Å². The summed E-state index contributed by atoms with van der Waals surface area (Å²) < 4.78 is 10.9. The summed E-state index contributed by atoms with van der Waals surface area (Å²) in [5.74, 6) is -1.41. The van der Waals surface area contributed by atoms with Crippen molar-refractivity contribution in [3.8, 4) is 5.75 Å². The van der Waals surface area contributed by atoms with Gasteiger partial charge in [-0.2, -0.15) is 0 Å². The highest BCUT2D eigenvalue weighted by Gasteiger charge is 2.40. The molecule has 1 fully saturated rings. The van der Waals surface area contributed by atoms with Crippen LogP contribution in [0.25, 0.3) is 6.08 Å². The van der Waals surface area contributed by atoms with Crippen LogP contribution in [0.1, 0.15) is 34.0 Å². The molecule has 38 heavy (non-hydrogen) atoms. The number of para-hydroxylation sites is 1. The summed E-state index contributed by atoms with van der Waals surface area (Å²) in [5, 5.41) is 9.27. The predicted octanol–water partition coefficient (Wildman–Crippen LogP) is 4.67. The van der Waals surface area contributed by atoms with Crippen molar-refractivity contribution in [2.24, 2.45) is 0 Å². The van der Waals surface area contributed by atoms with E-state index in [1.165, 1.54) is 29.0 Å². The summed E-state index contributed by atoms with van der Waals surface area (Å²) >= 11 is 5.63. The zero-order valence-corrected chi connectivity index (χ0v) is 21.7. The Morgan fingerprint density at radius 2 is 1.63 bits per heavy atom. The van der Waals surface area contributed by atoms with Crippen molar-refractivity contribution in [1.82, 2.24) is 4.90 Å². The lowest BCUT2D eigenvalue weighted by Gasteiger charge is -2.19. The van der Waals surface area contributed by atoms with Gasteiger partial charge in [0.15, 0.2) is 5.11 Å². The van der Waals surface area contributed by atoms with Crippen LogP contribution in [-0.4, -0.2) is 46.6 Å². The summed E-state index contributed by atoms with van der Waals surface area (Å²) in [6.45, 7) is 2.01. The number of benzene rings is 3. The molecular formula is C29H26N2O6S. The molecule has 0 bridgehead atoms. The molecule has 8 nitrogen and oxygen atoms in total. The van der Waals surface area contributed by atoms with Gasteiger partial charge in [-0.05, 0) is 66.2 Å². The van der Waals surface area contributed by atoms with Crippen LogP contribution in [0.3, 0.4) is 0 Å². The Balaban J connectivity index is 1.65. The molecule has 0 aromatic heterocycles. The highest BCUT2D eigenvalue weighted by atomic mass is 32.1. The van der Waals surface area contributed by atoms with Gasteiger partial charge in [-0.3, -0.25) is 14.5 Å². The smallest absolute Gasteiger partial charge is 0.335 e. The average molecular weight is 531 g/mol. The maximum atomic E-state index is 13.6. The third-order valence-electron chi connectivity index (χ3n) is 6.06. The normalized spacial score (nSPS) is 14.2. The van der Waals surface area contributed by atoms with E-state index in [0.29, 0.717) is 17.0 Å². The van der Waals surface area contributed by atoms with E-state index >= 15 is 0 Å². The average Bonchev–Trinajstić information content (AvgIpc) is 3.16. The number of ether oxygens (including phenoxy) is 2. The lowest BCUT2D eigenvalue weighted by atomic mass is 10.1. The Bertz CT molecular complexity index is 1400. The summed E-state index contributed by atoms with van der Waals surface area (Å²) in [6.07, 6.45) is 2.50. The summed E-state index contributed by atoms with van der Waals surface area (Å²) in [6, 6.07) is 21.1. The van der Waals surface area contributed by atoms with E-state index in [1.807, 2.05) is 37.3 Å². The molecule has 194 valence electrons. The van der Waals surface area contributed by atoms with Crippen LogP contribution >= 0.6 is 12.2 Å². The van der Waals surface area contributed by atoms with Gasteiger partial charge in [0.2, 0.25) is 0 Å². The first-order valence-corrected chi connectivity index (χ1v) is 12.3. The number of hydrogen-bond donors (Lipinski definition) is 1. The molecule has 0 spiro atoms. The van der Waals surface area contributed by atoms with E-state index in [1.54, 1.807) is 36.4 Å². The van der Waals surface area contributed by atoms with Crippen molar-refractivity contribution >= 4 is 46.9 Å². The molecule has 1 aliphatic heterocycles. The molecule has 0 aliphatic carbocycles. The lowest BCUT2D eigenvalue weighted by molar-refractivity contribution is -0.140. The molecule has 0 unspecified atom stereocenters. The first kappa shape index (κ1) is 26.6. The second-order valence-corrected chi connectivity index (χ2v) is 8.83. The van der Waals surface area contributed by atoms with Crippen molar-refractivity contribution in [2.45, 2.75) is 20.0 Å². The topological polar surface area (TPSA) is 96.4 Å². The number of carbonyl (C=O) groups is 3. The van der Waals surface area contributed by atoms with Crippen molar-refractivity contribution in [1.29, 1.82) is 0 Å². The number of methoxy groups -OCH3 is 1. The number of aromatic carboxylic acids is 1. The number of nitrogens with zero attached hydrogens (tertiary/aromatic N) is 2. The fourth-order valence-electron chi connectivity index (χ4n) is 3.92. The van der Waals surface area contributed by atoms with Gasteiger partial charge < -0.3 is 19.5 Å². The standard InChI is InChI=1S/C29H26N2O6S/c1-3-19-10-14-23(15-11-19)31-27(33)24(30(29(31)38)17-26(32)36-2)16-22-6-4-5-7-25(22)37-18-20-8-12-21(13-9-20)28(34)35/h4-16H,3,17-18H2,1-2H3,(H,34,35)/b24-16-. The van der Waals surface area contributed by atoms with E-state index in [4.69, 9.17) is 26.8 Å². The summed E-state index contributed by atoms with van der Waals surface area (Å²) in [4.78, 5) is 39.8. The molecule has 3 aromatic rings. The van der Waals surface area contributed by atoms with E-state index in [9.17, 15) is 14.4 Å². The highest BCUT2D eigenvalue weighted by molar-refractivity contribution is 7.80. The van der Waals surface area contributed by atoms with E-state index in [-0.39, 0.29) is 35.4 Å². The fraction of sp³-hybridized carbons (Fsp3) is 0.172. The number of carbonyl (C=O) groups excluding carboxylic acids is 2. The first-order valence-electron chi connectivity index (χ1n) is 11.9. The maximum absolute atomic E-state index is 13.6. The zero-order valence-electron chi connectivity index (χ0n) is 20.9. The number of carboxylic acid groups (broad SMARTS) is 1. The third-order valence-corrected chi connectivity index (χ3v) is 6.46. The minimum Gasteiger partial charge on any atom is -0.488 e. The first-order chi connectivity index (χ1) is 18.3. The third kappa shape index (κ3) is 5.73. The van der Waals surface area contributed by atoms with Gasteiger partial charge in [-0.25, -0.2) is 4.79 Å². The molecule has 1 saturated heterocycles. The maximum Gasteiger partial charge on any atom is 0.335 e. The van der Waals surface area contributed by atoms with Crippen molar-refractivity contribution in [2.75, 3.05) is 18.6 Å². The minimum atomic E-state index is -1.000. The number of thiocarbonyl (C=S) groups is 1. The molecule has 0 saturated carbocycles. The SMILES string of the molecule is CCc1ccc(N2C(=O)/C(=C/c3ccccc3OCc3ccc(C(=O)O)cc3)N(CC(=O)OC)C2=S)cc1. The Hall–Kier alpha value is -4.50. The number of anilines is 1. The van der Waals surface area contributed by atoms with E-state index in [0.717, 1.165) is 17.5 Å². The molecule has 4 rings (SSSR count). The second kappa shape index (κ2) is 11.7. The molecule has 9 heteroatoms. The van der Waals surface area contributed by atoms with E-state index in [2.05, 4.69) is 0 Å². The molecule has 1 aliphatic rings. The number of rotatable bonds is 9. The number of carboxylic acids is 1. The molecule has 0 radical (unpaired) electrons. The summed E-state index contributed by atoms with van der Waals surface area (Å²) in [7, 11) is 1.28. The Morgan fingerprint density at radius 1 is 0.974 bits per heavy atom. The van der Waals surface area contributed by atoms with Crippen molar-refractivity contribution in [3.63, 3.8) is 0 Å². The number of aryl methyl sites for hydroxylation is 1. The molecule has 1 amide bonds.